The zero-order valence-corrected chi connectivity index (χ0v) is 12.3. The molecule has 2 heterocycles. The number of likely N-dealkylation sites (N-methyl/N-ethyl adjacent to an activating group) is 1. The Morgan fingerprint density at radius 3 is 2.65 bits per heavy atom. The number of aliphatic imine (C=N–C) groups is 1. The molecule has 100 valence electrons. The summed E-state index contributed by atoms with van der Waals surface area (Å²) in [6, 6.07) is 7.46. The number of ether oxygens (including phenoxy) is 1. The Morgan fingerprint density at radius 1 is 1.20 bits per heavy atom. The number of allylic oxidation sites excluding steroid dienone is 3. The van der Waals surface area contributed by atoms with E-state index in [1.807, 2.05) is 60.6 Å². The third kappa shape index (κ3) is 2.32. The monoisotopic (exact) mass is 330 g/mol. The maximum atomic E-state index is 12.0. The van der Waals surface area contributed by atoms with Gasteiger partial charge in [-0.1, -0.05) is 22.0 Å². The lowest BCUT2D eigenvalue weighted by atomic mass is 10.2. The van der Waals surface area contributed by atoms with Crippen molar-refractivity contribution >= 4 is 27.8 Å². The third-order valence-electron chi connectivity index (χ3n) is 2.98. The first-order valence-corrected chi connectivity index (χ1v) is 6.83. The number of carbonyl (C=O) groups excluding carboxylic acids is 1. The van der Waals surface area contributed by atoms with Crippen LogP contribution >= 0.6 is 15.9 Å². The molecule has 20 heavy (non-hydrogen) atoms. The van der Waals surface area contributed by atoms with E-state index < -0.39 is 5.97 Å². The van der Waals surface area contributed by atoms with E-state index in [4.69, 9.17) is 4.74 Å². The lowest BCUT2D eigenvalue weighted by Gasteiger charge is -2.17. The van der Waals surface area contributed by atoms with Gasteiger partial charge in [-0.3, -0.25) is 0 Å². The number of hydrogen-bond donors (Lipinski definition) is 0. The Morgan fingerprint density at radius 2 is 1.95 bits per heavy atom. The van der Waals surface area contributed by atoms with E-state index in [1.165, 1.54) is 0 Å². The van der Waals surface area contributed by atoms with E-state index in [0.717, 1.165) is 15.7 Å². The number of esters is 1. The van der Waals surface area contributed by atoms with Crippen LogP contribution in [-0.4, -0.2) is 23.8 Å². The van der Waals surface area contributed by atoms with E-state index >= 15 is 0 Å². The van der Waals surface area contributed by atoms with Gasteiger partial charge in [0.25, 0.3) is 0 Å². The van der Waals surface area contributed by atoms with E-state index in [1.54, 1.807) is 0 Å². The Hall–Kier alpha value is -2.14. The minimum absolute atomic E-state index is 0.325. The summed E-state index contributed by atoms with van der Waals surface area (Å²) in [5, 5.41) is 0. The molecular formula is C15H11BrN2O2. The fourth-order valence-electron chi connectivity index (χ4n) is 1.95. The summed E-state index contributed by atoms with van der Waals surface area (Å²) in [7, 11) is 1.86. The van der Waals surface area contributed by atoms with Crippen molar-refractivity contribution < 1.29 is 9.53 Å². The standard InChI is InChI=1S/C15H11BrN2O2/c1-18-9-3-2-4-12(18)13-15(19)20-14(17-13)10-5-7-11(16)8-6-10/h2-9H,1H3/b13-12-. The van der Waals surface area contributed by atoms with E-state index in [0.29, 0.717) is 11.6 Å². The molecule has 0 radical (unpaired) electrons. The minimum atomic E-state index is -0.426. The van der Waals surface area contributed by atoms with Crippen LogP contribution in [0.1, 0.15) is 5.56 Å². The van der Waals surface area contributed by atoms with Gasteiger partial charge in [0.1, 0.15) is 0 Å². The van der Waals surface area contributed by atoms with Crippen LogP contribution in [0.4, 0.5) is 0 Å². The second-order valence-electron chi connectivity index (χ2n) is 4.36. The lowest BCUT2D eigenvalue weighted by molar-refractivity contribution is -0.130. The van der Waals surface area contributed by atoms with Gasteiger partial charge in [-0.15, -0.1) is 0 Å². The number of carbonyl (C=O) groups is 1. The summed E-state index contributed by atoms with van der Waals surface area (Å²) in [6.07, 6.45) is 7.46. The van der Waals surface area contributed by atoms with Crippen LogP contribution in [0.25, 0.3) is 0 Å². The van der Waals surface area contributed by atoms with Gasteiger partial charge >= 0.3 is 5.97 Å². The van der Waals surface area contributed by atoms with Crippen molar-refractivity contribution in [3.8, 4) is 0 Å². The fourth-order valence-corrected chi connectivity index (χ4v) is 2.22. The molecule has 5 heteroatoms. The number of nitrogens with zero attached hydrogens (tertiary/aromatic N) is 2. The van der Waals surface area contributed by atoms with Crippen LogP contribution in [0.15, 0.2) is 69.6 Å². The van der Waals surface area contributed by atoms with Crippen LogP contribution in [-0.2, 0) is 9.53 Å². The molecule has 4 nitrogen and oxygen atoms in total. The molecule has 0 unspecified atom stereocenters. The van der Waals surface area contributed by atoms with E-state index in [9.17, 15) is 4.79 Å². The van der Waals surface area contributed by atoms with E-state index in [-0.39, 0.29) is 0 Å². The topological polar surface area (TPSA) is 41.9 Å². The van der Waals surface area contributed by atoms with Gasteiger partial charge in [0.15, 0.2) is 5.70 Å². The molecule has 0 aliphatic carbocycles. The summed E-state index contributed by atoms with van der Waals surface area (Å²) < 4.78 is 6.22. The van der Waals surface area contributed by atoms with Crippen LogP contribution in [0.5, 0.6) is 0 Å². The first-order chi connectivity index (χ1) is 9.65. The molecule has 0 atom stereocenters. The summed E-state index contributed by atoms with van der Waals surface area (Å²) in [5.74, 6) is -0.0916. The Bertz CT molecular complexity index is 684. The van der Waals surface area contributed by atoms with Gasteiger partial charge in [-0.25, -0.2) is 9.79 Å². The molecule has 0 saturated carbocycles. The minimum Gasteiger partial charge on any atom is -0.402 e. The third-order valence-corrected chi connectivity index (χ3v) is 3.51. The summed E-state index contributed by atoms with van der Waals surface area (Å²) in [4.78, 5) is 18.1. The molecule has 0 N–H and O–H groups in total. The number of cyclic esters (lactones) is 1. The maximum Gasteiger partial charge on any atom is 0.366 e. The quantitative estimate of drug-likeness (QED) is 0.587. The first kappa shape index (κ1) is 12.9. The number of hydrogen-bond acceptors (Lipinski definition) is 4. The maximum absolute atomic E-state index is 12.0. The highest BCUT2D eigenvalue weighted by atomic mass is 79.9. The molecular weight excluding hydrogens is 320 g/mol. The highest BCUT2D eigenvalue weighted by Crippen LogP contribution is 2.24. The normalized spacial score (nSPS) is 21.2. The number of benzene rings is 1. The molecule has 0 bridgehead atoms. The largest absolute Gasteiger partial charge is 0.402 e. The van der Waals surface area contributed by atoms with Crippen molar-refractivity contribution in [3.63, 3.8) is 0 Å². The molecule has 0 amide bonds. The van der Waals surface area contributed by atoms with Crippen LogP contribution in [0.2, 0.25) is 0 Å². The Balaban J connectivity index is 2.01. The Labute approximate surface area is 124 Å². The van der Waals surface area contributed by atoms with Crippen LogP contribution in [0, 0.1) is 0 Å². The van der Waals surface area contributed by atoms with Crippen molar-refractivity contribution in [1.29, 1.82) is 0 Å². The zero-order chi connectivity index (χ0) is 14.1. The fraction of sp³-hybridized carbons (Fsp3) is 0.0667. The Kier molecular flexibility index (Phi) is 3.28. The SMILES string of the molecule is CN1C=CC=C/C1=C1/N=C(c2ccc(Br)cc2)OC1=O. The van der Waals surface area contributed by atoms with Crippen molar-refractivity contribution in [3.05, 3.63) is 70.1 Å². The van der Waals surface area contributed by atoms with Gasteiger partial charge in [0.2, 0.25) is 5.90 Å². The number of rotatable bonds is 1. The van der Waals surface area contributed by atoms with Crippen molar-refractivity contribution in [2.75, 3.05) is 7.05 Å². The van der Waals surface area contributed by atoms with Crippen molar-refractivity contribution in [2.45, 2.75) is 0 Å². The molecule has 2 aliphatic heterocycles. The smallest absolute Gasteiger partial charge is 0.366 e. The van der Waals surface area contributed by atoms with Crippen LogP contribution in [0.3, 0.4) is 0 Å². The van der Waals surface area contributed by atoms with Gasteiger partial charge in [-0.05, 0) is 36.4 Å². The summed E-state index contributed by atoms with van der Waals surface area (Å²) >= 11 is 3.37. The molecule has 1 aromatic rings. The number of halogens is 1. The molecule has 2 aliphatic rings. The van der Waals surface area contributed by atoms with Crippen LogP contribution < -0.4 is 0 Å². The highest BCUT2D eigenvalue weighted by molar-refractivity contribution is 9.10. The van der Waals surface area contributed by atoms with Gasteiger partial charge < -0.3 is 9.64 Å². The van der Waals surface area contributed by atoms with Crippen molar-refractivity contribution in [2.24, 2.45) is 4.99 Å². The van der Waals surface area contributed by atoms with E-state index in [2.05, 4.69) is 20.9 Å². The van der Waals surface area contributed by atoms with Gasteiger partial charge in [0, 0.05) is 23.3 Å². The molecule has 0 saturated heterocycles. The molecule has 0 fully saturated rings. The average Bonchev–Trinajstić information content (AvgIpc) is 2.82. The summed E-state index contributed by atoms with van der Waals surface area (Å²) in [6.45, 7) is 0. The zero-order valence-electron chi connectivity index (χ0n) is 10.7. The molecule has 1 aromatic carbocycles. The average molecular weight is 331 g/mol. The summed E-state index contributed by atoms with van der Waals surface area (Å²) in [5.41, 5.74) is 1.82. The molecule has 0 spiro atoms. The van der Waals surface area contributed by atoms with Gasteiger partial charge in [0.05, 0.1) is 5.70 Å². The highest BCUT2D eigenvalue weighted by Gasteiger charge is 2.28. The molecule has 3 rings (SSSR count). The second kappa shape index (κ2) is 5.09. The first-order valence-electron chi connectivity index (χ1n) is 6.04. The second-order valence-corrected chi connectivity index (χ2v) is 5.27. The predicted octanol–water partition coefficient (Wildman–Crippen LogP) is 2.98. The lowest BCUT2D eigenvalue weighted by Crippen LogP contribution is -2.15. The van der Waals surface area contributed by atoms with Crippen molar-refractivity contribution in [1.82, 2.24) is 4.90 Å². The molecule has 0 aromatic heterocycles. The predicted molar refractivity (Wildman–Crippen MR) is 79.8 cm³/mol. The van der Waals surface area contributed by atoms with Gasteiger partial charge in [-0.2, -0.15) is 0 Å².